The van der Waals surface area contributed by atoms with Crippen LogP contribution in [0.25, 0.3) is 0 Å². The molecule has 0 spiro atoms. The number of hydrogen-bond acceptors (Lipinski definition) is 2. The molecule has 1 unspecified atom stereocenters. The molecule has 0 aliphatic heterocycles. The molecule has 3 nitrogen and oxygen atoms in total. The van der Waals surface area contributed by atoms with Crippen LogP contribution in [-0.4, -0.2) is 18.6 Å². The summed E-state index contributed by atoms with van der Waals surface area (Å²) in [5.41, 5.74) is -1.38. The van der Waals surface area contributed by atoms with Gasteiger partial charge in [-0.2, -0.15) is 18.4 Å². The van der Waals surface area contributed by atoms with Crippen molar-refractivity contribution in [2.75, 3.05) is 6.54 Å². The minimum absolute atomic E-state index is 0.174. The van der Waals surface area contributed by atoms with Crippen LogP contribution in [0.4, 0.5) is 13.2 Å². The molecule has 0 radical (unpaired) electrons. The van der Waals surface area contributed by atoms with Gasteiger partial charge >= 0.3 is 6.18 Å². The first-order valence-electron chi connectivity index (χ1n) is 4.01. The number of nitrogens with zero attached hydrogens (tertiary/aromatic N) is 1. The van der Waals surface area contributed by atoms with E-state index < -0.39 is 24.0 Å². The molecule has 0 heterocycles. The smallest absolute Gasteiger partial charge is 0.346 e. The number of amides is 1. The first-order chi connectivity index (χ1) is 6.25. The van der Waals surface area contributed by atoms with Crippen LogP contribution >= 0.6 is 0 Å². The molecule has 0 saturated carbocycles. The zero-order chi connectivity index (χ0) is 11.4. The number of alkyl halides is 3. The van der Waals surface area contributed by atoms with Gasteiger partial charge in [0.05, 0.1) is 6.07 Å². The van der Waals surface area contributed by atoms with Gasteiger partial charge in [0.2, 0.25) is 5.91 Å². The second-order valence-electron chi connectivity index (χ2n) is 3.10. The highest BCUT2D eigenvalue weighted by Crippen LogP contribution is 2.20. The van der Waals surface area contributed by atoms with Gasteiger partial charge in [0.15, 0.2) is 0 Å². The van der Waals surface area contributed by atoms with E-state index in [1.165, 1.54) is 6.92 Å². The molecule has 0 saturated heterocycles. The van der Waals surface area contributed by atoms with E-state index in [1.54, 1.807) is 18.3 Å². The van der Waals surface area contributed by atoms with Gasteiger partial charge in [0, 0.05) is 0 Å². The third-order valence-corrected chi connectivity index (χ3v) is 1.90. The maximum Gasteiger partial charge on any atom is 0.405 e. The SMILES string of the molecule is CCC(C)(C#N)C(=O)NCC(F)(F)F. The molecule has 0 aromatic rings. The summed E-state index contributed by atoms with van der Waals surface area (Å²) in [5, 5.41) is 10.3. The van der Waals surface area contributed by atoms with Gasteiger partial charge in [0.1, 0.15) is 12.0 Å². The van der Waals surface area contributed by atoms with Gasteiger partial charge in [-0.05, 0) is 13.3 Å². The molecule has 1 amide bonds. The quantitative estimate of drug-likeness (QED) is 0.765. The summed E-state index contributed by atoms with van der Waals surface area (Å²) in [6.07, 6.45) is -4.27. The number of carbonyl (C=O) groups excluding carboxylic acids is 1. The minimum Gasteiger partial charge on any atom is -0.346 e. The van der Waals surface area contributed by atoms with E-state index >= 15 is 0 Å². The van der Waals surface area contributed by atoms with E-state index in [9.17, 15) is 18.0 Å². The second-order valence-corrected chi connectivity index (χ2v) is 3.10. The molecule has 1 N–H and O–H groups in total. The van der Waals surface area contributed by atoms with E-state index in [1.807, 2.05) is 0 Å². The number of hydrogen-bond donors (Lipinski definition) is 1. The highest BCUT2D eigenvalue weighted by molar-refractivity contribution is 5.84. The molecule has 1 atom stereocenters. The summed E-state index contributed by atoms with van der Waals surface area (Å²) in [5.74, 6) is -0.889. The number of nitrogens with one attached hydrogen (secondary N) is 1. The molecular weight excluding hydrogens is 197 g/mol. The van der Waals surface area contributed by atoms with Gasteiger partial charge in [-0.3, -0.25) is 4.79 Å². The summed E-state index contributed by atoms with van der Waals surface area (Å²) in [6, 6.07) is 1.68. The van der Waals surface area contributed by atoms with E-state index in [-0.39, 0.29) is 6.42 Å². The van der Waals surface area contributed by atoms with Crippen molar-refractivity contribution in [2.24, 2.45) is 5.41 Å². The Bertz CT molecular complexity index is 256. The Kier molecular flexibility index (Phi) is 3.93. The Morgan fingerprint density at radius 1 is 1.50 bits per heavy atom. The largest absolute Gasteiger partial charge is 0.405 e. The molecule has 0 rings (SSSR count). The Morgan fingerprint density at radius 2 is 2.00 bits per heavy atom. The summed E-state index contributed by atoms with van der Waals surface area (Å²) >= 11 is 0. The zero-order valence-electron chi connectivity index (χ0n) is 7.90. The lowest BCUT2D eigenvalue weighted by atomic mass is 9.88. The molecule has 14 heavy (non-hydrogen) atoms. The van der Waals surface area contributed by atoms with E-state index in [4.69, 9.17) is 5.26 Å². The van der Waals surface area contributed by atoms with Crippen molar-refractivity contribution >= 4 is 5.91 Å². The van der Waals surface area contributed by atoms with Gasteiger partial charge in [-0.1, -0.05) is 6.92 Å². The van der Waals surface area contributed by atoms with E-state index in [2.05, 4.69) is 0 Å². The molecular formula is C8H11F3N2O. The predicted octanol–water partition coefficient (Wildman–Crippen LogP) is 1.60. The molecule has 0 aliphatic carbocycles. The van der Waals surface area contributed by atoms with Gasteiger partial charge in [-0.15, -0.1) is 0 Å². The fourth-order valence-electron chi connectivity index (χ4n) is 0.666. The van der Waals surface area contributed by atoms with Crippen LogP contribution in [0, 0.1) is 16.7 Å². The monoisotopic (exact) mass is 208 g/mol. The van der Waals surface area contributed by atoms with Crippen molar-refractivity contribution in [1.82, 2.24) is 5.32 Å². The standard InChI is InChI=1S/C8H11F3N2O/c1-3-7(2,4-12)6(14)13-5-8(9,10)11/h3,5H2,1-2H3,(H,13,14). The summed E-state index contributed by atoms with van der Waals surface area (Å²) in [7, 11) is 0. The molecule has 0 aliphatic rings. The van der Waals surface area contributed by atoms with E-state index in [0.29, 0.717) is 0 Å². The maximum atomic E-state index is 11.7. The molecule has 80 valence electrons. The summed E-state index contributed by atoms with van der Waals surface area (Å²) < 4.78 is 35.1. The minimum atomic E-state index is -4.44. The Labute approximate surface area is 79.9 Å². The lowest BCUT2D eigenvalue weighted by Gasteiger charge is -2.19. The van der Waals surface area contributed by atoms with Gasteiger partial charge in [0.25, 0.3) is 0 Å². The first kappa shape index (κ1) is 12.8. The van der Waals surface area contributed by atoms with Crippen LogP contribution in [0.15, 0.2) is 0 Å². The van der Waals surface area contributed by atoms with Crippen molar-refractivity contribution in [3.8, 4) is 6.07 Å². The van der Waals surface area contributed by atoms with Crippen LogP contribution in [0.2, 0.25) is 0 Å². The fraction of sp³-hybridized carbons (Fsp3) is 0.750. The van der Waals surface area contributed by atoms with Crippen molar-refractivity contribution in [3.63, 3.8) is 0 Å². The Morgan fingerprint density at radius 3 is 2.29 bits per heavy atom. The number of nitriles is 1. The highest BCUT2D eigenvalue weighted by atomic mass is 19.4. The average molecular weight is 208 g/mol. The van der Waals surface area contributed by atoms with Crippen LogP contribution < -0.4 is 5.32 Å². The zero-order valence-corrected chi connectivity index (χ0v) is 7.90. The predicted molar refractivity (Wildman–Crippen MR) is 43.1 cm³/mol. The normalized spacial score (nSPS) is 15.4. The van der Waals surface area contributed by atoms with Crippen LogP contribution in [-0.2, 0) is 4.79 Å². The topological polar surface area (TPSA) is 52.9 Å². The highest BCUT2D eigenvalue weighted by Gasteiger charge is 2.34. The molecule has 6 heteroatoms. The lowest BCUT2D eigenvalue weighted by molar-refractivity contribution is -0.142. The third-order valence-electron chi connectivity index (χ3n) is 1.90. The molecule has 0 aromatic heterocycles. The lowest BCUT2D eigenvalue weighted by Crippen LogP contribution is -2.42. The van der Waals surface area contributed by atoms with E-state index in [0.717, 1.165) is 0 Å². The van der Waals surface area contributed by atoms with Gasteiger partial charge in [-0.25, -0.2) is 0 Å². The number of carbonyl (C=O) groups is 1. The Balaban J connectivity index is 4.30. The Hall–Kier alpha value is -1.25. The van der Waals surface area contributed by atoms with Crippen LogP contribution in [0.5, 0.6) is 0 Å². The van der Waals surface area contributed by atoms with Crippen molar-refractivity contribution in [2.45, 2.75) is 26.4 Å². The number of halogens is 3. The summed E-state index contributed by atoms with van der Waals surface area (Å²) in [6.45, 7) is 1.47. The fourth-order valence-corrected chi connectivity index (χ4v) is 0.666. The average Bonchev–Trinajstić information content (AvgIpc) is 2.11. The van der Waals surface area contributed by atoms with Crippen LogP contribution in [0.3, 0.4) is 0 Å². The van der Waals surface area contributed by atoms with Crippen LogP contribution in [0.1, 0.15) is 20.3 Å². The first-order valence-corrected chi connectivity index (χ1v) is 4.01. The summed E-state index contributed by atoms with van der Waals surface area (Å²) in [4.78, 5) is 11.1. The molecule has 0 fully saturated rings. The third kappa shape index (κ3) is 3.64. The molecule has 0 aromatic carbocycles. The number of rotatable bonds is 3. The molecule has 0 bridgehead atoms. The van der Waals surface area contributed by atoms with Gasteiger partial charge < -0.3 is 5.32 Å². The van der Waals surface area contributed by atoms with Crippen molar-refractivity contribution in [1.29, 1.82) is 5.26 Å². The van der Waals surface area contributed by atoms with Crippen molar-refractivity contribution < 1.29 is 18.0 Å². The maximum absolute atomic E-state index is 11.7. The second kappa shape index (κ2) is 4.31. The van der Waals surface area contributed by atoms with Crippen molar-refractivity contribution in [3.05, 3.63) is 0 Å².